The van der Waals surface area contributed by atoms with Crippen LogP contribution >= 0.6 is 0 Å². The van der Waals surface area contributed by atoms with Gasteiger partial charge in [-0.3, -0.25) is 9.59 Å². The van der Waals surface area contributed by atoms with Crippen LogP contribution in [0, 0.1) is 5.92 Å². The molecule has 0 aromatic carbocycles. The third-order valence-corrected chi connectivity index (χ3v) is 3.78. The van der Waals surface area contributed by atoms with Crippen LogP contribution in [0.2, 0.25) is 0 Å². The van der Waals surface area contributed by atoms with Crippen LogP contribution in [-0.4, -0.2) is 11.9 Å². The van der Waals surface area contributed by atoms with Gasteiger partial charge in [-0.1, -0.05) is 51.2 Å². The first-order valence-corrected chi connectivity index (χ1v) is 8.13. The van der Waals surface area contributed by atoms with E-state index in [-0.39, 0.29) is 24.3 Å². The van der Waals surface area contributed by atoms with Gasteiger partial charge in [0.15, 0.2) is 0 Å². The van der Waals surface area contributed by atoms with Crippen molar-refractivity contribution in [3.05, 3.63) is 12.2 Å². The molecule has 3 nitrogen and oxygen atoms in total. The first-order chi connectivity index (χ1) is 9.74. The zero-order valence-corrected chi connectivity index (χ0v) is 12.7. The molecule has 20 heavy (non-hydrogen) atoms. The van der Waals surface area contributed by atoms with Gasteiger partial charge in [-0.2, -0.15) is 0 Å². The average molecular weight is 280 g/mol. The highest BCUT2D eigenvalue weighted by molar-refractivity contribution is 5.94. The molecule has 1 rings (SSSR count). The van der Waals surface area contributed by atoms with Gasteiger partial charge < -0.3 is 4.74 Å². The summed E-state index contributed by atoms with van der Waals surface area (Å²) in [6.07, 6.45) is 16.6. The van der Waals surface area contributed by atoms with Gasteiger partial charge in [0.2, 0.25) is 0 Å². The number of ether oxygens (including phenoxy) is 1. The molecule has 0 N–H and O–H groups in total. The number of allylic oxidation sites excluding steroid dienone is 2. The largest absolute Gasteiger partial charge is 0.393 e. The summed E-state index contributed by atoms with van der Waals surface area (Å²) in [5.41, 5.74) is 0. The van der Waals surface area contributed by atoms with Crippen molar-refractivity contribution in [2.75, 3.05) is 0 Å². The van der Waals surface area contributed by atoms with E-state index >= 15 is 0 Å². The second-order valence-electron chi connectivity index (χ2n) is 5.65. The van der Waals surface area contributed by atoms with Crippen LogP contribution in [0.15, 0.2) is 12.2 Å². The normalized spacial score (nSPS) is 18.9. The zero-order chi connectivity index (χ0) is 14.6. The molecule has 0 saturated carbocycles. The molecule has 114 valence electrons. The number of carbonyl (C=O) groups excluding carboxylic acids is 2. The van der Waals surface area contributed by atoms with E-state index in [9.17, 15) is 9.59 Å². The number of hydrogen-bond donors (Lipinski definition) is 0. The van der Waals surface area contributed by atoms with E-state index in [4.69, 9.17) is 0 Å². The van der Waals surface area contributed by atoms with Gasteiger partial charge in [0, 0.05) is 0 Å². The Morgan fingerprint density at radius 1 is 1.00 bits per heavy atom. The molecule has 0 radical (unpaired) electrons. The Bertz CT molecular complexity index is 320. The molecule has 0 bridgehead atoms. The Balaban J connectivity index is 1.88. The van der Waals surface area contributed by atoms with Crippen LogP contribution in [0.5, 0.6) is 0 Å². The maximum Gasteiger partial charge on any atom is 0.317 e. The average Bonchev–Trinajstić information content (AvgIpc) is 2.74. The summed E-state index contributed by atoms with van der Waals surface area (Å²) in [6.45, 7) is 2.23. The third-order valence-electron chi connectivity index (χ3n) is 3.78. The number of rotatable bonds is 11. The zero-order valence-electron chi connectivity index (χ0n) is 12.7. The molecular formula is C17H28O3. The lowest BCUT2D eigenvalue weighted by Crippen LogP contribution is -2.06. The van der Waals surface area contributed by atoms with Crippen molar-refractivity contribution in [1.29, 1.82) is 0 Å². The number of cyclic esters (lactones) is 2. The minimum absolute atomic E-state index is 0.170. The molecule has 1 saturated heterocycles. The van der Waals surface area contributed by atoms with Crippen molar-refractivity contribution in [3.63, 3.8) is 0 Å². The fourth-order valence-electron chi connectivity index (χ4n) is 2.50. The first-order valence-electron chi connectivity index (χ1n) is 8.13. The molecule has 1 aliphatic rings. The van der Waals surface area contributed by atoms with Crippen LogP contribution in [0.3, 0.4) is 0 Å². The van der Waals surface area contributed by atoms with Gasteiger partial charge in [-0.15, -0.1) is 0 Å². The summed E-state index contributed by atoms with van der Waals surface area (Å²) in [7, 11) is 0. The predicted octanol–water partition coefficient (Wildman–Crippen LogP) is 4.55. The van der Waals surface area contributed by atoms with E-state index in [2.05, 4.69) is 23.8 Å². The lowest BCUT2D eigenvalue weighted by Gasteiger charge is -2.03. The van der Waals surface area contributed by atoms with Gasteiger partial charge in [0.1, 0.15) is 0 Å². The van der Waals surface area contributed by atoms with E-state index in [0.717, 1.165) is 25.7 Å². The third kappa shape index (κ3) is 7.46. The van der Waals surface area contributed by atoms with Crippen molar-refractivity contribution in [2.45, 2.75) is 77.6 Å². The van der Waals surface area contributed by atoms with Crippen molar-refractivity contribution in [3.8, 4) is 0 Å². The minimum Gasteiger partial charge on any atom is -0.393 e. The molecular weight excluding hydrogens is 252 g/mol. The molecule has 0 amide bonds. The molecule has 0 aliphatic carbocycles. The predicted molar refractivity (Wildman–Crippen MR) is 80.2 cm³/mol. The fraction of sp³-hybridized carbons (Fsp3) is 0.765. The summed E-state index contributed by atoms with van der Waals surface area (Å²) in [6, 6.07) is 0. The van der Waals surface area contributed by atoms with E-state index < -0.39 is 0 Å². The Hall–Kier alpha value is -1.12. The molecule has 0 spiro atoms. The summed E-state index contributed by atoms with van der Waals surface area (Å²) in [5.74, 6) is -0.843. The van der Waals surface area contributed by atoms with Crippen molar-refractivity contribution in [1.82, 2.24) is 0 Å². The van der Waals surface area contributed by atoms with E-state index in [0.29, 0.717) is 0 Å². The SMILES string of the molecule is CCCCCC/C=C/CCCCCC1CC(=O)OC1=O. The highest BCUT2D eigenvalue weighted by Crippen LogP contribution is 2.22. The number of carbonyl (C=O) groups is 2. The lowest BCUT2D eigenvalue weighted by atomic mass is 9.99. The number of hydrogen-bond acceptors (Lipinski definition) is 3. The van der Waals surface area contributed by atoms with E-state index in [1.165, 1.54) is 38.5 Å². The second kappa shape index (κ2) is 10.6. The van der Waals surface area contributed by atoms with Crippen LogP contribution in [0.25, 0.3) is 0 Å². The smallest absolute Gasteiger partial charge is 0.317 e. The van der Waals surface area contributed by atoms with Crippen molar-refractivity contribution < 1.29 is 14.3 Å². The van der Waals surface area contributed by atoms with Gasteiger partial charge in [-0.25, -0.2) is 0 Å². The fourth-order valence-corrected chi connectivity index (χ4v) is 2.50. The topological polar surface area (TPSA) is 43.4 Å². The molecule has 3 heteroatoms. The Morgan fingerprint density at radius 3 is 2.20 bits per heavy atom. The molecule has 1 fully saturated rings. The van der Waals surface area contributed by atoms with E-state index in [1.807, 2.05) is 0 Å². The highest BCUT2D eigenvalue weighted by atomic mass is 16.6. The van der Waals surface area contributed by atoms with Crippen LogP contribution in [0.1, 0.15) is 77.6 Å². The van der Waals surface area contributed by atoms with Gasteiger partial charge >= 0.3 is 11.9 Å². The summed E-state index contributed by atoms with van der Waals surface area (Å²) in [5, 5.41) is 0. The Morgan fingerprint density at radius 2 is 1.65 bits per heavy atom. The van der Waals surface area contributed by atoms with E-state index in [1.54, 1.807) is 0 Å². The van der Waals surface area contributed by atoms with Crippen LogP contribution in [0.4, 0.5) is 0 Å². The lowest BCUT2D eigenvalue weighted by molar-refractivity contribution is -0.153. The molecule has 1 unspecified atom stereocenters. The molecule has 1 heterocycles. The summed E-state index contributed by atoms with van der Waals surface area (Å²) >= 11 is 0. The van der Waals surface area contributed by atoms with Crippen LogP contribution < -0.4 is 0 Å². The number of esters is 2. The monoisotopic (exact) mass is 280 g/mol. The molecule has 0 aromatic heterocycles. The molecule has 1 atom stereocenters. The Kier molecular flexibility index (Phi) is 9.01. The quantitative estimate of drug-likeness (QED) is 0.241. The second-order valence-corrected chi connectivity index (χ2v) is 5.65. The summed E-state index contributed by atoms with van der Waals surface area (Å²) in [4.78, 5) is 22.2. The van der Waals surface area contributed by atoms with Crippen LogP contribution in [-0.2, 0) is 14.3 Å². The molecule has 1 aliphatic heterocycles. The Labute approximate surface area is 122 Å². The van der Waals surface area contributed by atoms with Crippen molar-refractivity contribution >= 4 is 11.9 Å². The maximum atomic E-state index is 11.2. The summed E-state index contributed by atoms with van der Waals surface area (Å²) < 4.78 is 4.54. The first kappa shape index (κ1) is 16.9. The van der Waals surface area contributed by atoms with Gasteiger partial charge in [0.25, 0.3) is 0 Å². The van der Waals surface area contributed by atoms with Crippen molar-refractivity contribution in [2.24, 2.45) is 5.92 Å². The number of unbranched alkanes of at least 4 members (excludes halogenated alkanes) is 7. The maximum absolute atomic E-state index is 11.2. The van der Waals surface area contributed by atoms with Gasteiger partial charge in [0.05, 0.1) is 12.3 Å². The minimum atomic E-state index is -0.356. The highest BCUT2D eigenvalue weighted by Gasteiger charge is 2.32. The van der Waals surface area contributed by atoms with Gasteiger partial charge in [-0.05, 0) is 32.1 Å². The molecule has 0 aromatic rings. The standard InChI is InChI=1S/C17H28O3/c1-2-3-4-5-6-7-8-9-10-11-12-13-15-14-16(18)20-17(15)19/h7-8,15H,2-6,9-14H2,1H3/b8-7+.